The van der Waals surface area contributed by atoms with Crippen LogP contribution in [0.4, 0.5) is 0 Å². The third kappa shape index (κ3) is 2.39. The number of methoxy groups -OCH3 is 1. The molecule has 2 rings (SSSR count). The van der Waals surface area contributed by atoms with Crippen LogP contribution >= 0.6 is 0 Å². The Morgan fingerprint density at radius 2 is 2.10 bits per heavy atom. The topological polar surface area (TPSA) is 70.3 Å². The fourth-order valence-corrected chi connectivity index (χ4v) is 2.02. The van der Waals surface area contributed by atoms with E-state index >= 15 is 0 Å². The zero-order valence-corrected chi connectivity index (χ0v) is 11.4. The molecule has 1 atom stereocenters. The SMILES string of the molecule is COC(=O)c1ccccc1C#C[C@@](C)(O)C1(C#N)CC1. The molecule has 4 heteroatoms. The second-order valence-electron chi connectivity index (χ2n) is 5.05. The lowest BCUT2D eigenvalue weighted by molar-refractivity contribution is 0.0599. The molecule has 0 saturated heterocycles. The fourth-order valence-electron chi connectivity index (χ4n) is 2.02. The van der Waals surface area contributed by atoms with Gasteiger partial charge in [-0.3, -0.25) is 0 Å². The van der Waals surface area contributed by atoms with Crippen molar-refractivity contribution in [3.05, 3.63) is 35.4 Å². The van der Waals surface area contributed by atoms with E-state index in [1.165, 1.54) is 14.0 Å². The van der Waals surface area contributed by atoms with Crippen LogP contribution in [0.1, 0.15) is 35.7 Å². The molecule has 20 heavy (non-hydrogen) atoms. The first-order valence-electron chi connectivity index (χ1n) is 6.30. The molecule has 1 N–H and O–H groups in total. The molecular weight excluding hydrogens is 254 g/mol. The van der Waals surface area contributed by atoms with E-state index in [0.717, 1.165) is 0 Å². The minimum Gasteiger partial charge on any atom is -0.465 e. The van der Waals surface area contributed by atoms with Crippen molar-refractivity contribution in [3.8, 4) is 17.9 Å². The van der Waals surface area contributed by atoms with Gasteiger partial charge in [-0.1, -0.05) is 24.0 Å². The van der Waals surface area contributed by atoms with Crippen molar-refractivity contribution in [2.75, 3.05) is 7.11 Å². The summed E-state index contributed by atoms with van der Waals surface area (Å²) < 4.78 is 4.69. The predicted molar refractivity (Wildman–Crippen MR) is 72.6 cm³/mol. The van der Waals surface area contributed by atoms with Crippen LogP contribution in [0.15, 0.2) is 24.3 Å². The Balaban J connectivity index is 2.35. The highest BCUT2D eigenvalue weighted by Crippen LogP contribution is 2.53. The van der Waals surface area contributed by atoms with Gasteiger partial charge in [0, 0.05) is 5.56 Å². The first kappa shape index (κ1) is 14.1. The van der Waals surface area contributed by atoms with Crippen molar-refractivity contribution >= 4 is 5.97 Å². The zero-order valence-electron chi connectivity index (χ0n) is 11.4. The van der Waals surface area contributed by atoms with Gasteiger partial charge in [-0.2, -0.15) is 5.26 Å². The molecule has 0 aliphatic heterocycles. The number of hydrogen-bond acceptors (Lipinski definition) is 4. The number of carbonyl (C=O) groups excluding carboxylic acids is 1. The van der Waals surface area contributed by atoms with Gasteiger partial charge in [0.05, 0.1) is 24.2 Å². The molecule has 102 valence electrons. The lowest BCUT2D eigenvalue weighted by atomic mass is 9.87. The van der Waals surface area contributed by atoms with Gasteiger partial charge in [-0.15, -0.1) is 0 Å². The van der Waals surface area contributed by atoms with E-state index in [0.29, 0.717) is 24.0 Å². The summed E-state index contributed by atoms with van der Waals surface area (Å²) in [4.78, 5) is 11.6. The Morgan fingerprint density at radius 1 is 1.45 bits per heavy atom. The zero-order chi connectivity index (χ0) is 14.8. The largest absolute Gasteiger partial charge is 0.465 e. The minimum atomic E-state index is -1.38. The molecule has 1 fully saturated rings. The molecule has 1 aromatic rings. The first-order chi connectivity index (χ1) is 9.46. The molecule has 4 nitrogen and oxygen atoms in total. The second-order valence-corrected chi connectivity index (χ2v) is 5.05. The van der Waals surface area contributed by atoms with Gasteiger partial charge in [0.2, 0.25) is 0 Å². The molecule has 1 saturated carbocycles. The number of ether oxygens (including phenoxy) is 1. The van der Waals surface area contributed by atoms with Crippen LogP contribution in [-0.4, -0.2) is 23.8 Å². The highest BCUT2D eigenvalue weighted by atomic mass is 16.5. The third-order valence-electron chi connectivity index (χ3n) is 3.67. The lowest BCUT2D eigenvalue weighted by Gasteiger charge is -2.21. The number of rotatable bonds is 2. The standard InChI is InChI=1S/C16H15NO3/c1-15(19,16(11-17)9-10-16)8-7-12-5-3-4-6-13(12)14(18)20-2/h3-6,19H,9-10H2,1-2H3/t15-/m1/s1. The van der Waals surface area contributed by atoms with E-state index in [1.54, 1.807) is 24.3 Å². The summed E-state index contributed by atoms with van der Waals surface area (Å²) in [6, 6.07) is 8.90. The average molecular weight is 269 g/mol. The van der Waals surface area contributed by atoms with Gasteiger partial charge in [-0.05, 0) is 31.9 Å². The Kier molecular flexibility index (Phi) is 3.53. The summed E-state index contributed by atoms with van der Waals surface area (Å²) in [5.41, 5.74) is -1.33. The van der Waals surface area contributed by atoms with E-state index in [4.69, 9.17) is 5.26 Å². The summed E-state index contributed by atoms with van der Waals surface area (Å²) in [7, 11) is 1.30. The maximum atomic E-state index is 11.6. The summed E-state index contributed by atoms with van der Waals surface area (Å²) in [5, 5.41) is 19.5. The van der Waals surface area contributed by atoms with E-state index in [9.17, 15) is 9.90 Å². The van der Waals surface area contributed by atoms with Crippen LogP contribution in [0.3, 0.4) is 0 Å². The maximum absolute atomic E-state index is 11.6. The van der Waals surface area contributed by atoms with Crippen molar-refractivity contribution in [1.82, 2.24) is 0 Å². The number of carbonyl (C=O) groups is 1. The first-order valence-corrected chi connectivity index (χ1v) is 6.30. The van der Waals surface area contributed by atoms with E-state index in [-0.39, 0.29) is 0 Å². The normalized spacial score (nSPS) is 17.9. The summed E-state index contributed by atoms with van der Waals surface area (Å²) >= 11 is 0. The van der Waals surface area contributed by atoms with Crippen LogP contribution < -0.4 is 0 Å². The van der Waals surface area contributed by atoms with Gasteiger partial charge >= 0.3 is 5.97 Å². The van der Waals surface area contributed by atoms with Crippen LogP contribution in [-0.2, 0) is 4.74 Å². The molecule has 1 aromatic carbocycles. The second kappa shape index (κ2) is 5.00. The van der Waals surface area contributed by atoms with E-state index in [2.05, 4.69) is 22.6 Å². The number of hydrogen-bond donors (Lipinski definition) is 1. The van der Waals surface area contributed by atoms with Gasteiger partial charge < -0.3 is 9.84 Å². The number of aliphatic hydroxyl groups is 1. The monoisotopic (exact) mass is 269 g/mol. The molecule has 0 heterocycles. The highest BCUT2D eigenvalue weighted by molar-refractivity contribution is 5.92. The number of nitriles is 1. The average Bonchev–Trinajstić information content (AvgIpc) is 3.26. The van der Waals surface area contributed by atoms with Crippen molar-refractivity contribution < 1.29 is 14.6 Å². The van der Waals surface area contributed by atoms with Crippen molar-refractivity contribution in [3.63, 3.8) is 0 Å². The van der Waals surface area contributed by atoms with E-state index in [1.807, 2.05) is 0 Å². The van der Waals surface area contributed by atoms with Crippen LogP contribution in [0, 0.1) is 28.6 Å². The fraction of sp³-hybridized carbons (Fsp3) is 0.375. The van der Waals surface area contributed by atoms with Crippen molar-refractivity contribution in [2.45, 2.75) is 25.4 Å². The Labute approximate surface area is 118 Å². The molecular formula is C16H15NO3. The quantitative estimate of drug-likeness (QED) is 0.657. The Bertz CT molecular complexity index is 640. The third-order valence-corrected chi connectivity index (χ3v) is 3.67. The summed E-state index contributed by atoms with van der Waals surface area (Å²) in [6.45, 7) is 1.54. The van der Waals surface area contributed by atoms with Crippen molar-refractivity contribution in [2.24, 2.45) is 5.41 Å². The van der Waals surface area contributed by atoms with Crippen LogP contribution in [0.5, 0.6) is 0 Å². The smallest absolute Gasteiger partial charge is 0.339 e. The lowest BCUT2D eigenvalue weighted by Crippen LogP contribution is -2.33. The Hall–Kier alpha value is -2.30. The highest BCUT2D eigenvalue weighted by Gasteiger charge is 2.56. The van der Waals surface area contributed by atoms with Gasteiger partial charge in [-0.25, -0.2) is 4.79 Å². The van der Waals surface area contributed by atoms with Gasteiger partial charge in [0.15, 0.2) is 0 Å². The molecule has 0 bridgehead atoms. The Morgan fingerprint density at radius 3 is 2.65 bits per heavy atom. The summed E-state index contributed by atoms with van der Waals surface area (Å²) in [6.07, 6.45) is 1.29. The molecule has 0 unspecified atom stereocenters. The van der Waals surface area contributed by atoms with Crippen LogP contribution in [0.2, 0.25) is 0 Å². The van der Waals surface area contributed by atoms with Gasteiger partial charge in [0.25, 0.3) is 0 Å². The number of nitrogens with zero attached hydrogens (tertiary/aromatic N) is 1. The molecule has 1 aliphatic rings. The number of benzene rings is 1. The number of esters is 1. The molecule has 1 aliphatic carbocycles. The van der Waals surface area contributed by atoms with Crippen molar-refractivity contribution in [1.29, 1.82) is 5.26 Å². The molecule has 0 radical (unpaired) electrons. The molecule has 0 spiro atoms. The molecule has 0 aromatic heterocycles. The molecule has 0 amide bonds. The van der Waals surface area contributed by atoms with Crippen LogP contribution in [0.25, 0.3) is 0 Å². The maximum Gasteiger partial charge on any atom is 0.339 e. The predicted octanol–water partition coefficient (Wildman–Crippen LogP) is 1.88. The van der Waals surface area contributed by atoms with Gasteiger partial charge in [0.1, 0.15) is 5.60 Å². The minimum absolute atomic E-state index is 0.347. The summed E-state index contributed by atoms with van der Waals surface area (Å²) in [5.74, 6) is 5.04. The van der Waals surface area contributed by atoms with E-state index < -0.39 is 17.0 Å².